The van der Waals surface area contributed by atoms with E-state index in [-0.39, 0.29) is 5.91 Å². The van der Waals surface area contributed by atoms with Crippen LogP contribution in [0.2, 0.25) is 0 Å². The van der Waals surface area contributed by atoms with Gasteiger partial charge in [-0.1, -0.05) is 12.1 Å². The Kier molecular flexibility index (Phi) is 6.06. The lowest BCUT2D eigenvalue weighted by Gasteiger charge is -2.13. The zero-order valence-electron chi connectivity index (χ0n) is 16.6. The first-order valence-corrected chi connectivity index (χ1v) is 9.22. The highest BCUT2D eigenvalue weighted by Crippen LogP contribution is 2.19. The lowest BCUT2D eigenvalue weighted by molar-refractivity contribution is -0.133. The number of benzene rings is 2. The fourth-order valence-corrected chi connectivity index (χ4v) is 3.39. The molecule has 8 heteroatoms. The van der Waals surface area contributed by atoms with E-state index < -0.39 is 17.6 Å². The van der Waals surface area contributed by atoms with Crippen LogP contribution in [0.5, 0.6) is 0 Å². The maximum absolute atomic E-state index is 12.7. The quantitative estimate of drug-likeness (QED) is 0.376. The van der Waals surface area contributed by atoms with Gasteiger partial charge < -0.3 is 20.7 Å². The predicted molar refractivity (Wildman–Crippen MR) is 114 cm³/mol. The van der Waals surface area contributed by atoms with Gasteiger partial charge in [-0.05, 0) is 54.8 Å². The van der Waals surface area contributed by atoms with Crippen LogP contribution in [0.15, 0.2) is 54.3 Å². The Morgan fingerprint density at radius 3 is 2.43 bits per heavy atom. The topological polar surface area (TPSA) is 111 Å². The fourth-order valence-electron chi connectivity index (χ4n) is 3.39. The third kappa shape index (κ3) is 4.27. The summed E-state index contributed by atoms with van der Waals surface area (Å²) in [6, 6.07) is 11.0. The number of fused-ring (bicyclic) bond motifs is 1. The average Bonchev–Trinajstić information content (AvgIpc) is 3.18. The number of aliphatic carboxylic acids is 1. The number of nitrogens with one attached hydrogen (secondary N) is 3. The summed E-state index contributed by atoms with van der Waals surface area (Å²) in [6.45, 7) is 3.73. The Labute approximate surface area is 174 Å². The number of aromatic amines is 1. The number of carbonyl (C=O) groups excluding carboxylic acids is 2. The molecule has 0 aliphatic carbocycles. The minimum atomic E-state index is -1.34. The molecule has 150 valence electrons. The van der Waals surface area contributed by atoms with E-state index in [1.165, 1.54) is 0 Å². The molecule has 30 heavy (non-hydrogen) atoms. The summed E-state index contributed by atoms with van der Waals surface area (Å²) in [5.41, 5.74) is 3.37. The lowest BCUT2D eigenvalue weighted by Crippen LogP contribution is -2.29. The van der Waals surface area contributed by atoms with E-state index in [0.29, 0.717) is 28.8 Å². The van der Waals surface area contributed by atoms with Gasteiger partial charge in [0.1, 0.15) is 13.5 Å². The van der Waals surface area contributed by atoms with Crippen molar-refractivity contribution < 1.29 is 19.5 Å². The van der Waals surface area contributed by atoms with Crippen LogP contribution >= 0.6 is 0 Å². The normalized spacial score (nSPS) is 11.3. The number of carboxylic acids is 1. The highest BCUT2D eigenvalue weighted by molar-refractivity contribution is 6.20. The van der Waals surface area contributed by atoms with Crippen molar-refractivity contribution in [3.63, 3.8) is 0 Å². The van der Waals surface area contributed by atoms with Gasteiger partial charge in [-0.25, -0.2) is 4.79 Å². The third-order valence-electron chi connectivity index (χ3n) is 4.79. The standard InChI is InChI=1S/C22H20BN3O4/c1-12-8-15(9-13(2)19(12)21(28)26-18(10-23)22(29)30)20(27)25-11-14-4-3-5-17-16(14)6-7-24-17/h3-10,24H,11H2,1-2H3,(H,25,27)(H,26,28)(H,29,30)/b18-10-. The van der Waals surface area contributed by atoms with Gasteiger partial charge in [0.15, 0.2) is 0 Å². The van der Waals surface area contributed by atoms with Crippen molar-refractivity contribution in [3.8, 4) is 0 Å². The van der Waals surface area contributed by atoms with Crippen molar-refractivity contribution in [1.29, 1.82) is 0 Å². The van der Waals surface area contributed by atoms with E-state index in [1.54, 1.807) is 26.0 Å². The van der Waals surface area contributed by atoms with Gasteiger partial charge in [0.25, 0.3) is 11.8 Å². The maximum Gasteiger partial charge on any atom is 0.351 e. The van der Waals surface area contributed by atoms with Crippen LogP contribution in [-0.4, -0.2) is 35.7 Å². The molecule has 0 saturated carbocycles. The number of carbonyl (C=O) groups is 3. The first kappa shape index (κ1) is 20.9. The van der Waals surface area contributed by atoms with Crippen molar-refractivity contribution in [3.05, 3.63) is 82.1 Å². The van der Waals surface area contributed by atoms with Crippen molar-refractivity contribution >= 4 is 36.5 Å². The molecular formula is C22H20BN3O4. The zero-order chi connectivity index (χ0) is 21.8. The highest BCUT2D eigenvalue weighted by Gasteiger charge is 2.18. The first-order chi connectivity index (χ1) is 14.3. The van der Waals surface area contributed by atoms with Gasteiger partial charge in [0.2, 0.25) is 0 Å². The van der Waals surface area contributed by atoms with E-state index in [4.69, 9.17) is 13.0 Å². The van der Waals surface area contributed by atoms with Crippen LogP contribution in [0.25, 0.3) is 10.9 Å². The zero-order valence-corrected chi connectivity index (χ0v) is 16.6. The van der Waals surface area contributed by atoms with E-state index in [9.17, 15) is 14.4 Å². The fraction of sp³-hybridized carbons (Fsp3) is 0.136. The molecule has 0 saturated heterocycles. The minimum Gasteiger partial charge on any atom is -0.477 e. The molecular weight excluding hydrogens is 381 g/mol. The van der Waals surface area contributed by atoms with Crippen molar-refractivity contribution in [2.45, 2.75) is 20.4 Å². The monoisotopic (exact) mass is 401 g/mol. The van der Waals surface area contributed by atoms with Crippen LogP contribution < -0.4 is 10.6 Å². The van der Waals surface area contributed by atoms with Gasteiger partial charge in [0, 0.05) is 34.8 Å². The van der Waals surface area contributed by atoms with E-state index in [1.807, 2.05) is 30.5 Å². The number of aryl methyl sites for hydroxylation is 2. The molecule has 0 bridgehead atoms. The molecule has 2 amide bonds. The van der Waals surface area contributed by atoms with Crippen molar-refractivity contribution in [2.24, 2.45) is 0 Å². The number of carboxylic acid groups (broad SMARTS) is 1. The van der Waals surface area contributed by atoms with Gasteiger partial charge in [-0.15, -0.1) is 5.98 Å². The summed E-state index contributed by atoms with van der Waals surface area (Å²) in [5, 5.41) is 15.2. The number of rotatable bonds is 6. The molecule has 1 aromatic heterocycles. The molecule has 4 N–H and O–H groups in total. The minimum absolute atomic E-state index is 0.270. The summed E-state index contributed by atoms with van der Waals surface area (Å²) in [5.74, 6) is -1.39. The van der Waals surface area contributed by atoms with Crippen LogP contribution in [0.1, 0.15) is 37.4 Å². The SMILES string of the molecule is [B]/C=C(\NC(=O)c1c(C)cc(C(=O)NCc2cccc3[nH]ccc23)cc1C)C(=O)O. The molecule has 0 aliphatic rings. The maximum atomic E-state index is 12.7. The summed E-state index contributed by atoms with van der Waals surface area (Å²) in [7, 11) is 5.24. The Bertz CT molecular complexity index is 1160. The smallest absolute Gasteiger partial charge is 0.351 e. The molecule has 1 heterocycles. The van der Waals surface area contributed by atoms with E-state index >= 15 is 0 Å². The second-order valence-corrected chi connectivity index (χ2v) is 6.86. The summed E-state index contributed by atoms with van der Waals surface area (Å²) in [4.78, 5) is 39.3. The molecule has 0 fully saturated rings. The van der Waals surface area contributed by atoms with Crippen molar-refractivity contribution in [1.82, 2.24) is 15.6 Å². The summed E-state index contributed by atoms with van der Waals surface area (Å²) < 4.78 is 0. The molecule has 7 nitrogen and oxygen atoms in total. The highest BCUT2D eigenvalue weighted by atomic mass is 16.4. The molecule has 2 radical (unpaired) electrons. The molecule has 3 aromatic rings. The second kappa shape index (κ2) is 8.69. The van der Waals surface area contributed by atoms with Gasteiger partial charge in [0.05, 0.1) is 0 Å². The molecule has 0 aliphatic heterocycles. The van der Waals surface area contributed by atoms with Gasteiger partial charge in [-0.2, -0.15) is 0 Å². The van der Waals surface area contributed by atoms with Crippen LogP contribution in [0.3, 0.4) is 0 Å². The number of hydrogen-bond acceptors (Lipinski definition) is 3. The lowest BCUT2D eigenvalue weighted by atomic mass is 9.97. The Balaban J connectivity index is 1.77. The Morgan fingerprint density at radius 1 is 1.10 bits per heavy atom. The molecule has 0 atom stereocenters. The molecule has 0 spiro atoms. The number of hydrogen-bond donors (Lipinski definition) is 4. The largest absolute Gasteiger partial charge is 0.477 e. The van der Waals surface area contributed by atoms with E-state index in [2.05, 4.69) is 15.6 Å². The van der Waals surface area contributed by atoms with Gasteiger partial charge in [-0.3, -0.25) is 9.59 Å². The third-order valence-corrected chi connectivity index (χ3v) is 4.79. The summed E-state index contributed by atoms with van der Waals surface area (Å²) >= 11 is 0. The second-order valence-electron chi connectivity index (χ2n) is 6.86. The first-order valence-electron chi connectivity index (χ1n) is 9.22. The average molecular weight is 401 g/mol. The Morgan fingerprint density at radius 2 is 1.80 bits per heavy atom. The van der Waals surface area contributed by atoms with Crippen LogP contribution in [0, 0.1) is 13.8 Å². The van der Waals surface area contributed by atoms with Crippen LogP contribution in [-0.2, 0) is 11.3 Å². The predicted octanol–water partition coefficient (Wildman–Crippen LogP) is 2.54. The van der Waals surface area contributed by atoms with E-state index in [0.717, 1.165) is 22.4 Å². The number of amides is 2. The van der Waals surface area contributed by atoms with Crippen molar-refractivity contribution in [2.75, 3.05) is 0 Å². The van der Waals surface area contributed by atoms with Crippen LogP contribution in [0.4, 0.5) is 0 Å². The number of H-pyrrole nitrogens is 1. The molecule has 2 aromatic carbocycles. The van der Waals surface area contributed by atoms with Gasteiger partial charge >= 0.3 is 5.97 Å². The molecule has 0 unspecified atom stereocenters. The summed E-state index contributed by atoms with van der Waals surface area (Å²) in [6.07, 6.45) is 1.85. The number of aromatic nitrogens is 1. The Hall–Kier alpha value is -3.81. The molecule has 3 rings (SSSR count).